The van der Waals surface area contributed by atoms with Gasteiger partial charge in [-0.2, -0.15) is 0 Å². The summed E-state index contributed by atoms with van der Waals surface area (Å²) >= 11 is 0. The van der Waals surface area contributed by atoms with Gasteiger partial charge in [0.1, 0.15) is 5.60 Å². The number of amides is 1. The Labute approximate surface area is 114 Å². The van der Waals surface area contributed by atoms with Gasteiger partial charge in [0.15, 0.2) is 0 Å². The normalized spacial score (nSPS) is 11.8. The summed E-state index contributed by atoms with van der Waals surface area (Å²) in [5, 5.41) is 9.88. The molecule has 1 rings (SSSR count). The number of nitrogens with one attached hydrogen (secondary N) is 2. The summed E-state index contributed by atoms with van der Waals surface area (Å²) in [6.45, 7) is 5.41. The van der Waals surface area contributed by atoms with Gasteiger partial charge in [0.05, 0.1) is 0 Å². The second-order valence-corrected chi connectivity index (χ2v) is 5.17. The predicted octanol–water partition coefficient (Wildman–Crippen LogP) is 3.29. The highest BCUT2D eigenvalue weighted by molar-refractivity contribution is 5.78. The molecule has 2 N–H and O–H groups in total. The van der Waals surface area contributed by atoms with E-state index in [2.05, 4.69) is 5.32 Å². The van der Waals surface area contributed by atoms with Crippen LogP contribution in [0, 0.1) is 5.41 Å². The first-order valence-corrected chi connectivity index (χ1v) is 6.13. The quantitative estimate of drug-likeness (QED) is 0.816. The lowest BCUT2D eigenvalue weighted by molar-refractivity contribution is 0.0552. The second-order valence-electron chi connectivity index (χ2n) is 5.17. The lowest BCUT2D eigenvalue weighted by Crippen LogP contribution is -2.30. The Morgan fingerprint density at radius 3 is 2.47 bits per heavy atom. The molecule has 19 heavy (non-hydrogen) atoms. The zero-order valence-electron chi connectivity index (χ0n) is 11.6. The van der Waals surface area contributed by atoms with Gasteiger partial charge in [-0.25, -0.2) is 4.79 Å². The fourth-order valence-corrected chi connectivity index (χ4v) is 1.43. The largest absolute Gasteiger partial charge is 0.444 e. The van der Waals surface area contributed by atoms with Crippen molar-refractivity contribution in [1.29, 1.82) is 5.41 Å². The van der Waals surface area contributed by atoms with Crippen molar-refractivity contribution in [3.8, 4) is 0 Å². The number of hydrogen-bond donors (Lipinski definition) is 2. The molecule has 0 aliphatic heterocycles. The number of carbonyl (C=O) groups excluding carboxylic acids is 1. The van der Waals surface area contributed by atoms with Crippen LogP contribution in [0.1, 0.15) is 26.3 Å². The molecule has 1 aromatic carbocycles. The van der Waals surface area contributed by atoms with Crippen LogP contribution in [0.2, 0.25) is 0 Å². The minimum Gasteiger partial charge on any atom is -0.444 e. The van der Waals surface area contributed by atoms with Gasteiger partial charge in [-0.05, 0) is 31.9 Å². The molecular formula is C15H20N2O2. The van der Waals surface area contributed by atoms with Crippen molar-refractivity contribution in [3.63, 3.8) is 0 Å². The van der Waals surface area contributed by atoms with E-state index in [1.165, 1.54) is 12.4 Å². The summed E-state index contributed by atoms with van der Waals surface area (Å²) in [5.41, 5.74) is 1.27. The highest BCUT2D eigenvalue weighted by Crippen LogP contribution is 2.08. The maximum absolute atomic E-state index is 11.5. The molecule has 0 saturated heterocycles. The van der Waals surface area contributed by atoms with Crippen LogP contribution < -0.4 is 5.32 Å². The van der Waals surface area contributed by atoms with Gasteiger partial charge in [0.25, 0.3) is 0 Å². The van der Waals surface area contributed by atoms with Crippen molar-refractivity contribution >= 4 is 12.3 Å². The number of hydrogen-bond acceptors (Lipinski definition) is 3. The highest BCUT2D eigenvalue weighted by atomic mass is 16.6. The lowest BCUT2D eigenvalue weighted by atomic mass is 10.1. The average molecular weight is 260 g/mol. The molecule has 1 aromatic rings. The van der Waals surface area contributed by atoms with E-state index >= 15 is 0 Å². The Morgan fingerprint density at radius 1 is 1.32 bits per heavy atom. The monoisotopic (exact) mass is 260 g/mol. The molecule has 0 spiro atoms. The van der Waals surface area contributed by atoms with Crippen molar-refractivity contribution in [2.75, 3.05) is 0 Å². The van der Waals surface area contributed by atoms with Gasteiger partial charge in [-0.1, -0.05) is 30.3 Å². The number of ether oxygens (including phenoxy) is 1. The molecule has 4 nitrogen and oxygen atoms in total. The fraction of sp³-hybridized carbons (Fsp3) is 0.333. The molecule has 0 aliphatic rings. The number of alkyl carbamates (subject to hydrolysis) is 1. The minimum absolute atomic E-state index is 0.514. The Hall–Kier alpha value is -2.10. The van der Waals surface area contributed by atoms with E-state index in [0.29, 0.717) is 12.0 Å². The molecule has 0 fully saturated rings. The summed E-state index contributed by atoms with van der Waals surface area (Å²) in [7, 11) is 0. The zero-order valence-corrected chi connectivity index (χ0v) is 11.6. The van der Waals surface area contributed by atoms with Crippen LogP contribution in [0.25, 0.3) is 0 Å². The predicted molar refractivity (Wildman–Crippen MR) is 76.4 cm³/mol. The van der Waals surface area contributed by atoms with Gasteiger partial charge < -0.3 is 10.1 Å². The van der Waals surface area contributed by atoms with Crippen LogP contribution >= 0.6 is 0 Å². The zero-order chi connectivity index (χ0) is 14.3. The average Bonchev–Trinajstić information content (AvgIpc) is 2.33. The highest BCUT2D eigenvalue weighted by Gasteiger charge is 2.15. The number of rotatable bonds is 4. The fourth-order valence-electron chi connectivity index (χ4n) is 1.43. The van der Waals surface area contributed by atoms with E-state index in [9.17, 15) is 4.79 Å². The summed E-state index contributed by atoms with van der Waals surface area (Å²) in [6, 6.07) is 9.78. The third-order valence-electron chi connectivity index (χ3n) is 2.21. The third kappa shape index (κ3) is 6.41. The lowest BCUT2D eigenvalue weighted by Gasteiger charge is -2.18. The first kappa shape index (κ1) is 15.0. The SMILES string of the molecule is CC(C)(C)OC(=O)N/C=C(\C=N)Cc1ccccc1. The molecule has 0 aliphatic carbocycles. The van der Waals surface area contributed by atoms with Crippen LogP contribution in [0.5, 0.6) is 0 Å². The van der Waals surface area contributed by atoms with Crippen molar-refractivity contribution in [1.82, 2.24) is 5.32 Å². The summed E-state index contributed by atoms with van der Waals surface area (Å²) < 4.78 is 5.11. The Balaban J connectivity index is 2.58. The van der Waals surface area contributed by atoms with Gasteiger partial charge in [-0.15, -0.1) is 0 Å². The van der Waals surface area contributed by atoms with Crippen LogP contribution in [0.15, 0.2) is 42.1 Å². The molecule has 102 valence electrons. The van der Waals surface area contributed by atoms with Crippen LogP contribution in [-0.4, -0.2) is 17.9 Å². The Bertz CT molecular complexity index is 459. The molecule has 0 atom stereocenters. The Morgan fingerprint density at radius 2 is 1.95 bits per heavy atom. The van der Waals surface area contributed by atoms with Crippen molar-refractivity contribution in [3.05, 3.63) is 47.7 Å². The maximum atomic E-state index is 11.5. The minimum atomic E-state index is -0.526. The van der Waals surface area contributed by atoms with Crippen LogP contribution in [-0.2, 0) is 11.2 Å². The molecule has 0 saturated carbocycles. The number of benzene rings is 1. The third-order valence-corrected chi connectivity index (χ3v) is 2.21. The summed E-state index contributed by atoms with van der Waals surface area (Å²) in [5.74, 6) is 0. The topological polar surface area (TPSA) is 62.2 Å². The van der Waals surface area contributed by atoms with Crippen molar-refractivity contribution in [2.45, 2.75) is 32.8 Å². The molecular weight excluding hydrogens is 240 g/mol. The van der Waals surface area contributed by atoms with Crippen LogP contribution in [0.3, 0.4) is 0 Å². The molecule has 0 bridgehead atoms. The van der Waals surface area contributed by atoms with Crippen LogP contribution in [0.4, 0.5) is 4.79 Å². The van der Waals surface area contributed by atoms with E-state index in [0.717, 1.165) is 5.56 Å². The molecule has 1 amide bonds. The van der Waals surface area contributed by atoms with E-state index in [1.54, 1.807) is 20.8 Å². The van der Waals surface area contributed by atoms with Gasteiger partial charge in [0, 0.05) is 18.8 Å². The standard InChI is InChI=1S/C15H20N2O2/c1-15(2,3)19-14(18)17-11-13(10-16)9-12-7-5-4-6-8-12/h4-8,10-11,16H,9H2,1-3H3,(H,17,18)/b13-11-,16-10?. The number of carbonyl (C=O) groups is 1. The van der Waals surface area contributed by atoms with Gasteiger partial charge in [0.2, 0.25) is 0 Å². The number of allylic oxidation sites excluding steroid dienone is 1. The second kappa shape index (κ2) is 6.73. The molecule has 0 heterocycles. The smallest absolute Gasteiger partial charge is 0.411 e. The van der Waals surface area contributed by atoms with E-state index in [1.807, 2.05) is 30.3 Å². The maximum Gasteiger partial charge on any atom is 0.411 e. The van der Waals surface area contributed by atoms with E-state index in [4.69, 9.17) is 10.1 Å². The van der Waals surface area contributed by atoms with Gasteiger partial charge >= 0.3 is 6.09 Å². The van der Waals surface area contributed by atoms with Crippen molar-refractivity contribution < 1.29 is 9.53 Å². The van der Waals surface area contributed by atoms with E-state index in [-0.39, 0.29) is 0 Å². The Kier molecular flexibility index (Phi) is 5.30. The van der Waals surface area contributed by atoms with Gasteiger partial charge in [-0.3, -0.25) is 5.32 Å². The first-order chi connectivity index (χ1) is 8.90. The first-order valence-electron chi connectivity index (χ1n) is 6.13. The summed E-state index contributed by atoms with van der Waals surface area (Å²) in [4.78, 5) is 11.5. The van der Waals surface area contributed by atoms with E-state index < -0.39 is 11.7 Å². The molecule has 0 radical (unpaired) electrons. The molecule has 4 heteroatoms. The molecule has 0 unspecified atom stereocenters. The van der Waals surface area contributed by atoms with Crippen molar-refractivity contribution in [2.24, 2.45) is 0 Å². The summed E-state index contributed by atoms with van der Waals surface area (Å²) in [6.07, 6.45) is 2.82. The molecule has 0 aromatic heterocycles.